The Morgan fingerprint density at radius 2 is 1.68 bits per heavy atom. The summed E-state index contributed by atoms with van der Waals surface area (Å²) in [4.78, 5) is 19.8. The van der Waals surface area contributed by atoms with Crippen LogP contribution in [-0.4, -0.2) is 40.0 Å². The van der Waals surface area contributed by atoms with Gasteiger partial charge in [0, 0.05) is 12.2 Å². The second kappa shape index (κ2) is 11.6. The predicted molar refractivity (Wildman–Crippen MR) is 149 cm³/mol. The molecule has 0 aliphatic carbocycles. The molecule has 1 saturated heterocycles. The molecule has 0 saturated carbocycles. The van der Waals surface area contributed by atoms with Crippen molar-refractivity contribution in [1.29, 1.82) is 0 Å². The van der Waals surface area contributed by atoms with Crippen molar-refractivity contribution in [2.24, 2.45) is 5.92 Å². The van der Waals surface area contributed by atoms with E-state index in [2.05, 4.69) is 59.0 Å². The van der Waals surface area contributed by atoms with Gasteiger partial charge in [-0.25, -0.2) is 4.98 Å². The zero-order chi connectivity index (χ0) is 25.6. The molecule has 2 heterocycles. The van der Waals surface area contributed by atoms with Crippen molar-refractivity contribution in [2.45, 2.75) is 45.8 Å². The standard InChI is InChI=1S/C31H36N4O2/c1-23(2)25-12-14-26(15-13-25)32-31(36)21-34-18-16-24(17-19-34)20-35-29-11-7-6-10-28(29)33-30(35)22-37-27-8-4-3-5-9-27/h3-15,23-24H,16-22H2,1-2H3,(H,32,36). The molecule has 1 amide bonds. The summed E-state index contributed by atoms with van der Waals surface area (Å²) in [5.74, 6) is 2.88. The first-order chi connectivity index (χ1) is 18.0. The topological polar surface area (TPSA) is 59.4 Å². The van der Waals surface area contributed by atoms with Crippen LogP contribution in [0, 0.1) is 5.92 Å². The molecule has 6 heteroatoms. The van der Waals surface area contributed by atoms with Crippen molar-refractivity contribution in [1.82, 2.24) is 14.5 Å². The Bertz CT molecular complexity index is 1310. The molecule has 0 bridgehead atoms. The molecule has 1 aliphatic heterocycles. The molecule has 0 unspecified atom stereocenters. The van der Waals surface area contributed by atoms with Gasteiger partial charge in [0.2, 0.25) is 5.91 Å². The van der Waals surface area contributed by atoms with Crippen molar-refractivity contribution < 1.29 is 9.53 Å². The fraction of sp³-hybridized carbons (Fsp3) is 0.355. The van der Waals surface area contributed by atoms with Gasteiger partial charge in [0.1, 0.15) is 18.2 Å². The second-order valence-electron chi connectivity index (χ2n) is 10.3. The first-order valence-electron chi connectivity index (χ1n) is 13.3. The fourth-order valence-electron chi connectivity index (χ4n) is 5.04. The Kier molecular flexibility index (Phi) is 7.85. The van der Waals surface area contributed by atoms with Gasteiger partial charge < -0.3 is 14.6 Å². The summed E-state index contributed by atoms with van der Waals surface area (Å²) in [5.41, 5.74) is 4.30. The highest BCUT2D eigenvalue weighted by Crippen LogP contribution is 2.25. The average Bonchev–Trinajstić information content (AvgIpc) is 3.26. The molecule has 4 aromatic rings. The molecule has 0 atom stereocenters. The average molecular weight is 497 g/mol. The lowest BCUT2D eigenvalue weighted by molar-refractivity contribution is -0.117. The summed E-state index contributed by atoms with van der Waals surface area (Å²) in [7, 11) is 0. The Morgan fingerprint density at radius 1 is 0.973 bits per heavy atom. The summed E-state index contributed by atoms with van der Waals surface area (Å²) in [6.07, 6.45) is 2.11. The van der Waals surface area contributed by atoms with Crippen LogP contribution in [0.25, 0.3) is 11.0 Å². The van der Waals surface area contributed by atoms with Crippen molar-refractivity contribution in [3.05, 3.63) is 90.3 Å². The van der Waals surface area contributed by atoms with Gasteiger partial charge in [-0.3, -0.25) is 9.69 Å². The number of nitrogens with zero attached hydrogens (tertiary/aromatic N) is 3. The molecular formula is C31H36N4O2. The Morgan fingerprint density at radius 3 is 2.41 bits per heavy atom. The number of likely N-dealkylation sites (tertiary alicyclic amines) is 1. The third-order valence-electron chi connectivity index (χ3n) is 7.22. The molecule has 192 valence electrons. The van der Waals surface area contributed by atoms with Gasteiger partial charge in [0.05, 0.1) is 17.6 Å². The van der Waals surface area contributed by atoms with Gasteiger partial charge >= 0.3 is 0 Å². The van der Waals surface area contributed by atoms with E-state index < -0.39 is 0 Å². The molecule has 1 aromatic heterocycles. The van der Waals surface area contributed by atoms with Crippen LogP contribution in [-0.2, 0) is 17.9 Å². The van der Waals surface area contributed by atoms with Crippen LogP contribution in [0.3, 0.4) is 0 Å². The number of rotatable bonds is 9. The first kappa shape index (κ1) is 25.0. The van der Waals surface area contributed by atoms with E-state index in [4.69, 9.17) is 9.72 Å². The molecule has 1 fully saturated rings. The highest BCUT2D eigenvalue weighted by molar-refractivity contribution is 5.92. The lowest BCUT2D eigenvalue weighted by Gasteiger charge is -2.32. The number of amides is 1. The first-order valence-corrected chi connectivity index (χ1v) is 13.3. The largest absolute Gasteiger partial charge is 0.486 e. The van der Waals surface area contributed by atoms with E-state index in [-0.39, 0.29) is 5.91 Å². The van der Waals surface area contributed by atoms with Crippen molar-refractivity contribution in [3.63, 3.8) is 0 Å². The van der Waals surface area contributed by atoms with E-state index in [0.29, 0.717) is 25.0 Å². The molecule has 6 nitrogen and oxygen atoms in total. The molecule has 5 rings (SSSR count). The van der Waals surface area contributed by atoms with Crippen molar-refractivity contribution in [2.75, 3.05) is 25.0 Å². The van der Waals surface area contributed by atoms with Crippen molar-refractivity contribution in [3.8, 4) is 5.75 Å². The summed E-state index contributed by atoms with van der Waals surface area (Å²) in [5, 5.41) is 3.05. The maximum absolute atomic E-state index is 12.6. The monoisotopic (exact) mass is 496 g/mol. The highest BCUT2D eigenvalue weighted by Gasteiger charge is 2.23. The molecule has 0 spiro atoms. The minimum Gasteiger partial charge on any atom is -0.486 e. The number of hydrogen-bond donors (Lipinski definition) is 1. The van der Waals surface area contributed by atoms with Gasteiger partial charge in [-0.2, -0.15) is 0 Å². The number of carbonyl (C=O) groups excluding carboxylic acids is 1. The third kappa shape index (κ3) is 6.38. The van der Waals surface area contributed by atoms with Crippen LogP contribution in [0.1, 0.15) is 44.0 Å². The maximum Gasteiger partial charge on any atom is 0.238 e. The number of imidazole rings is 1. The lowest BCUT2D eigenvalue weighted by Crippen LogP contribution is -2.40. The highest BCUT2D eigenvalue weighted by atomic mass is 16.5. The van der Waals surface area contributed by atoms with E-state index in [0.717, 1.165) is 60.8 Å². The minimum absolute atomic E-state index is 0.0525. The number of para-hydroxylation sites is 3. The summed E-state index contributed by atoms with van der Waals surface area (Å²) < 4.78 is 8.37. The lowest BCUT2D eigenvalue weighted by atomic mass is 9.96. The summed E-state index contributed by atoms with van der Waals surface area (Å²) in [6, 6.07) is 26.4. The Balaban J connectivity index is 1.16. The minimum atomic E-state index is 0.0525. The van der Waals surface area contributed by atoms with Gasteiger partial charge in [-0.1, -0.05) is 56.3 Å². The normalized spacial score (nSPS) is 14.8. The van der Waals surface area contributed by atoms with Crippen LogP contribution in [0.2, 0.25) is 0 Å². The summed E-state index contributed by atoms with van der Waals surface area (Å²) >= 11 is 0. The maximum atomic E-state index is 12.6. The third-order valence-corrected chi connectivity index (χ3v) is 7.22. The predicted octanol–water partition coefficient (Wildman–Crippen LogP) is 6.09. The number of nitrogens with one attached hydrogen (secondary N) is 1. The molecule has 0 radical (unpaired) electrons. The number of carbonyl (C=O) groups is 1. The van der Waals surface area contributed by atoms with Crippen LogP contribution in [0.15, 0.2) is 78.9 Å². The number of hydrogen-bond acceptors (Lipinski definition) is 4. The van der Waals surface area contributed by atoms with E-state index in [1.54, 1.807) is 0 Å². The van der Waals surface area contributed by atoms with E-state index in [1.165, 1.54) is 5.56 Å². The van der Waals surface area contributed by atoms with Gasteiger partial charge in [-0.15, -0.1) is 0 Å². The van der Waals surface area contributed by atoms with Crippen molar-refractivity contribution >= 4 is 22.6 Å². The summed E-state index contributed by atoms with van der Waals surface area (Å²) in [6.45, 7) is 7.98. The molecular weight excluding hydrogens is 460 g/mol. The zero-order valence-corrected chi connectivity index (χ0v) is 21.8. The SMILES string of the molecule is CC(C)c1ccc(NC(=O)CN2CCC(Cn3c(COc4ccccc4)nc4ccccc43)CC2)cc1. The van der Waals surface area contributed by atoms with Gasteiger partial charge in [-0.05, 0) is 79.7 Å². The molecule has 37 heavy (non-hydrogen) atoms. The quantitative estimate of drug-likeness (QED) is 0.305. The number of anilines is 1. The van der Waals surface area contributed by atoms with Gasteiger partial charge in [0.25, 0.3) is 0 Å². The molecule has 1 aliphatic rings. The van der Waals surface area contributed by atoms with Gasteiger partial charge in [0.15, 0.2) is 0 Å². The number of benzene rings is 3. The van der Waals surface area contributed by atoms with Crippen LogP contribution in [0.4, 0.5) is 5.69 Å². The number of piperidine rings is 1. The number of fused-ring (bicyclic) bond motifs is 1. The smallest absolute Gasteiger partial charge is 0.238 e. The second-order valence-corrected chi connectivity index (χ2v) is 10.3. The van der Waals surface area contributed by atoms with Crippen LogP contribution < -0.4 is 10.1 Å². The fourth-order valence-corrected chi connectivity index (χ4v) is 5.04. The zero-order valence-electron chi connectivity index (χ0n) is 21.8. The molecule has 3 aromatic carbocycles. The number of ether oxygens (including phenoxy) is 1. The van der Waals surface area contributed by atoms with E-state index >= 15 is 0 Å². The molecule has 1 N–H and O–H groups in total. The Labute approximate surface area is 219 Å². The van der Waals surface area contributed by atoms with Crippen LogP contribution >= 0.6 is 0 Å². The van der Waals surface area contributed by atoms with E-state index in [9.17, 15) is 4.79 Å². The number of aromatic nitrogens is 2. The van der Waals surface area contributed by atoms with Crippen LogP contribution in [0.5, 0.6) is 5.75 Å². The van der Waals surface area contributed by atoms with E-state index in [1.807, 2.05) is 48.5 Å². The Hall–Kier alpha value is -3.64.